The summed E-state index contributed by atoms with van der Waals surface area (Å²) in [5.41, 5.74) is 11.2. The fraction of sp³-hybridized carbons (Fsp3) is 0.208. The first-order chi connectivity index (χ1) is 13.2. The number of rotatable bonds is 3. The topological polar surface area (TPSA) is 43.1 Å². The summed E-state index contributed by atoms with van der Waals surface area (Å²) in [6.45, 7) is 0. The Labute approximate surface area is 169 Å². The number of fused-ring (bicyclic) bond motifs is 1. The van der Waals surface area contributed by atoms with Gasteiger partial charge < -0.3 is 10.5 Å². The lowest BCUT2D eigenvalue weighted by Crippen LogP contribution is -2.14. The Bertz CT molecular complexity index is 825. The molecule has 0 fully saturated rings. The molecule has 0 heterocycles. The number of benzene rings is 3. The largest absolute Gasteiger partial charge is 0.320 e. The molecule has 0 radical (unpaired) electrons. The van der Waals surface area contributed by atoms with E-state index in [9.17, 15) is 4.79 Å². The Morgan fingerprint density at radius 3 is 2.04 bits per heavy atom. The predicted octanol–water partition coefficient (Wildman–Crippen LogP) is 5.49. The summed E-state index contributed by atoms with van der Waals surface area (Å²) in [4.78, 5) is 10.6. The zero-order valence-electron chi connectivity index (χ0n) is 15.2. The number of hydrogen-bond acceptors (Lipinski definition) is 2. The second-order valence-corrected chi connectivity index (χ2v) is 7.77. The maximum Gasteiger partial charge on any atom is 0.123 e. The van der Waals surface area contributed by atoms with Crippen molar-refractivity contribution in [2.24, 2.45) is 11.7 Å². The minimum Gasteiger partial charge on any atom is -0.320 e. The van der Waals surface area contributed by atoms with Crippen LogP contribution in [0.15, 0.2) is 83.3 Å². The van der Waals surface area contributed by atoms with Crippen molar-refractivity contribution in [1.82, 2.24) is 0 Å². The monoisotopic (exact) mass is 421 g/mol. The molecule has 0 aromatic heterocycles. The van der Waals surface area contributed by atoms with Gasteiger partial charge in [-0.15, -0.1) is 0 Å². The zero-order chi connectivity index (χ0) is 19.1. The first kappa shape index (κ1) is 19.5. The highest BCUT2D eigenvalue weighted by Gasteiger charge is 2.17. The number of hydrogen-bond donors (Lipinski definition) is 1. The third-order valence-corrected chi connectivity index (χ3v) is 5.44. The van der Waals surface area contributed by atoms with E-state index in [4.69, 9.17) is 5.73 Å². The van der Waals surface area contributed by atoms with Gasteiger partial charge in [-0.25, -0.2) is 0 Å². The molecular formula is C24H24BrNO. The summed E-state index contributed by atoms with van der Waals surface area (Å²) >= 11 is 3.44. The van der Waals surface area contributed by atoms with Gasteiger partial charge in [0.05, 0.1) is 6.04 Å². The quantitative estimate of drug-likeness (QED) is 0.568. The minimum absolute atomic E-state index is 0.0163. The van der Waals surface area contributed by atoms with Crippen molar-refractivity contribution in [2.45, 2.75) is 25.3 Å². The van der Waals surface area contributed by atoms with Crippen LogP contribution in [0.4, 0.5) is 0 Å². The lowest BCUT2D eigenvalue weighted by atomic mass is 9.85. The van der Waals surface area contributed by atoms with Crippen LogP contribution in [0.3, 0.4) is 0 Å². The lowest BCUT2D eigenvalue weighted by molar-refractivity contribution is -0.111. The zero-order valence-corrected chi connectivity index (χ0v) is 16.8. The highest BCUT2D eigenvalue weighted by molar-refractivity contribution is 9.10. The SMILES string of the molecule is NC(c1ccccc1)c1ccccc1.O=CC1CCc2ccc(Br)cc2C1. The van der Waals surface area contributed by atoms with Gasteiger partial charge in [0.25, 0.3) is 0 Å². The van der Waals surface area contributed by atoms with Crippen LogP contribution in [-0.2, 0) is 17.6 Å². The van der Waals surface area contributed by atoms with Crippen molar-refractivity contribution < 1.29 is 4.79 Å². The third kappa shape index (κ3) is 5.38. The molecule has 0 spiro atoms. The van der Waals surface area contributed by atoms with Crippen molar-refractivity contribution >= 4 is 22.2 Å². The number of aldehydes is 1. The predicted molar refractivity (Wildman–Crippen MR) is 115 cm³/mol. The molecule has 4 rings (SSSR count). The van der Waals surface area contributed by atoms with E-state index in [-0.39, 0.29) is 12.0 Å². The van der Waals surface area contributed by atoms with Crippen LogP contribution in [0.1, 0.15) is 34.7 Å². The van der Waals surface area contributed by atoms with Crippen LogP contribution in [0.5, 0.6) is 0 Å². The standard InChI is InChI=1S/C13H13N.C11H11BrO/c14-13(11-7-3-1-4-8-11)12-9-5-2-6-10-12;12-11-4-3-9-2-1-8(7-13)5-10(9)6-11/h1-10,13H,14H2;3-4,6-8H,1-2,5H2. The van der Waals surface area contributed by atoms with E-state index in [1.165, 1.54) is 11.1 Å². The molecule has 2 nitrogen and oxygen atoms in total. The van der Waals surface area contributed by atoms with Crippen LogP contribution in [0.2, 0.25) is 0 Å². The Morgan fingerprint density at radius 1 is 0.889 bits per heavy atom. The summed E-state index contributed by atoms with van der Waals surface area (Å²) < 4.78 is 1.11. The summed E-state index contributed by atoms with van der Waals surface area (Å²) in [5, 5.41) is 0. The van der Waals surface area contributed by atoms with Crippen molar-refractivity contribution in [3.8, 4) is 0 Å². The maximum atomic E-state index is 10.6. The molecule has 2 N–H and O–H groups in total. The van der Waals surface area contributed by atoms with E-state index in [1.54, 1.807) is 0 Å². The number of nitrogens with two attached hydrogens (primary N) is 1. The first-order valence-corrected chi connectivity index (χ1v) is 10.0. The molecule has 0 amide bonds. The average Bonchev–Trinajstić information content (AvgIpc) is 2.74. The normalized spacial score (nSPS) is 15.4. The molecule has 3 aromatic carbocycles. The smallest absolute Gasteiger partial charge is 0.123 e. The van der Waals surface area contributed by atoms with Crippen molar-refractivity contribution in [3.05, 3.63) is 106 Å². The second kappa shape index (κ2) is 9.63. The van der Waals surface area contributed by atoms with Gasteiger partial charge in [-0.2, -0.15) is 0 Å². The van der Waals surface area contributed by atoms with Crippen LogP contribution in [0.25, 0.3) is 0 Å². The van der Waals surface area contributed by atoms with Gasteiger partial charge in [-0.3, -0.25) is 0 Å². The molecule has 0 saturated heterocycles. The van der Waals surface area contributed by atoms with Crippen LogP contribution >= 0.6 is 15.9 Å². The number of aryl methyl sites for hydroxylation is 1. The van der Waals surface area contributed by atoms with E-state index >= 15 is 0 Å². The molecule has 138 valence electrons. The third-order valence-electron chi connectivity index (χ3n) is 4.94. The number of carbonyl (C=O) groups is 1. The second-order valence-electron chi connectivity index (χ2n) is 6.85. The fourth-order valence-electron chi connectivity index (χ4n) is 3.38. The number of carbonyl (C=O) groups excluding carboxylic acids is 1. The van der Waals surface area contributed by atoms with E-state index in [2.05, 4.69) is 58.4 Å². The highest BCUT2D eigenvalue weighted by Crippen LogP contribution is 2.26. The minimum atomic E-state index is -0.0163. The molecule has 0 bridgehead atoms. The Balaban J connectivity index is 0.000000156. The molecule has 1 aliphatic carbocycles. The van der Waals surface area contributed by atoms with Crippen LogP contribution in [-0.4, -0.2) is 6.29 Å². The maximum absolute atomic E-state index is 10.6. The average molecular weight is 422 g/mol. The van der Waals surface area contributed by atoms with Gasteiger partial charge >= 0.3 is 0 Å². The molecule has 3 heteroatoms. The lowest BCUT2D eigenvalue weighted by Gasteiger charge is -2.20. The summed E-state index contributed by atoms with van der Waals surface area (Å²) in [5.74, 6) is 0.238. The Morgan fingerprint density at radius 2 is 1.48 bits per heavy atom. The fourth-order valence-corrected chi connectivity index (χ4v) is 3.79. The highest BCUT2D eigenvalue weighted by atomic mass is 79.9. The summed E-state index contributed by atoms with van der Waals surface area (Å²) in [7, 11) is 0. The number of halogens is 1. The molecule has 27 heavy (non-hydrogen) atoms. The Kier molecular flexibility index (Phi) is 6.97. The molecule has 1 unspecified atom stereocenters. The van der Waals surface area contributed by atoms with E-state index in [1.807, 2.05) is 36.4 Å². The van der Waals surface area contributed by atoms with Crippen LogP contribution in [0, 0.1) is 5.92 Å². The summed E-state index contributed by atoms with van der Waals surface area (Å²) in [6, 6.07) is 26.6. The molecule has 0 aliphatic heterocycles. The molecular weight excluding hydrogens is 398 g/mol. The van der Waals surface area contributed by atoms with Crippen molar-refractivity contribution in [1.29, 1.82) is 0 Å². The van der Waals surface area contributed by atoms with Gasteiger partial charge in [0, 0.05) is 10.4 Å². The van der Waals surface area contributed by atoms with Crippen molar-refractivity contribution in [2.75, 3.05) is 0 Å². The molecule has 1 aliphatic rings. The van der Waals surface area contributed by atoms with Gasteiger partial charge in [-0.1, -0.05) is 82.7 Å². The van der Waals surface area contributed by atoms with Crippen LogP contribution < -0.4 is 5.73 Å². The van der Waals surface area contributed by atoms with Gasteiger partial charge in [-0.05, 0) is 53.6 Å². The van der Waals surface area contributed by atoms with Gasteiger partial charge in [0.1, 0.15) is 6.29 Å². The van der Waals surface area contributed by atoms with E-state index in [0.29, 0.717) is 0 Å². The van der Waals surface area contributed by atoms with Gasteiger partial charge in [0.15, 0.2) is 0 Å². The molecule has 1 atom stereocenters. The summed E-state index contributed by atoms with van der Waals surface area (Å²) in [6.07, 6.45) is 4.06. The van der Waals surface area contributed by atoms with Crippen molar-refractivity contribution in [3.63, 3.8) is 0 Å². The molecule has 0 saturated carbocycles. The van der Waals surface area contributed by atoms with Gasteiger partial charge in [0.2, 0.25) is 0 Å². The first-order valence-electron chi connectivity index (χ1n) is 9.25. The van der Waals surface area contributed by atoms with E-state index in [0.717, 1.165) is 41.1 Å². The molecule has 3 aromatic rings. The van der Waals surface area contributed by atoms with E-state index < -0.39 is 0 Å². The Hall–Kier alpha value is -2.23.